The van der Waals surface area contributed by atoms with Crippen molar-refractivity contribution in [3.63, 3.8) is 0 Å². The molecule has 2 aromatic rings. The third kappa shape index (κ3) is 3.61. The number of carbonyl (C=O) groups excluding carboxylic acids is 1. The zero-order chi connectivity index (χ0) is 21.8. The van der Waals surface area contributed by atoms with Gasteiger partial charge in [0.25, 0.3) is 0 Å². The van der Waals surface area contributed by atoms with Crippen LogP contribution in [0.2, 0.25) is 0 Å². The number of nitrogens with two attached hydrogens (primary N) is 2. The fourth-order valence-electron chi connectivity index (χ4n) is 4.81. The summed E-state index contributed by atoms with van der Waals surface area (Å²) in [7, 11) is -3.79. The number of nitrogens with one attached hydrogen (secondary N) is 1. The van der Waals surface area contributed by atoms with E-state index < -0.39 is 10.0 Å². The molecule has 2 aliphatic carbocycles. The van der Waals surface area contributed by atoms with E-state index in [2.05, 4.69) is 32.4 Å². The van der Waals surface area contributed by atoms with Gasteiger partial charge >= 0.3 is 0 Å². The Balaban J connectivity index is 1.47. The lowest BCUT2D eigenvalue weighted by atomic mass is 9.88. The van der Waals surface area contributed by atoms with Crippen molar-refractivity contribution in [3.05, 3.63) is 53.5 Å². The molecular formula is C21H22N6O3S. The van der Waals surface area contributed by atoms with E-state index in [1.165, 1.54) is 12.1 Å². The Hall–Kier alpha value is -3.11. The number of aliphatic imine (C=N–C) groups is 1. The van der Waals surface area contributed by atoms with E-state index >= 15 is 0 Å². The van der Waals surface area contributed by atoms with Crippen LogP contribution in [0.15, 0.2) is 46.3 Å². The molecule has 0 radical (unpaired) electrons. The first-order chi connectivity index (χ1) is 14.8. The molecule has 0 spiro atoms. The van der Waals surface area contributed by atoms with Crippen LogP contribution in [0.5, 0.6) is 0 Å². The number of primary amides is 1. The Bertz CT molecular complexity index is 1240. The molecule has 5 N–H and O–H groups in total. The van der Waals surface area contributed by atoms with Crippen LogP contribution in [-0.4, -0.2) is 36.5 Å². The maximum Gasteiger partial charge on any atom is 0.238 e. The summed E-state index contributed by atoms with van der Waals surface area (Å²) in [4.78, 5) is 25.8. The Morgan fingerprint density at radius 1 is 1.19 bits per heavy atom. The summed E-state index contributed by atoms with van der Waals surface area (Å²) >= 11 is 0. The molecule has 1 aromatic carbocycles. The van der Waals surface area contributed by atoms with Gasteiger partial charge in [-0.05, 0) is 36.0 Å². The minimum atomic E-state index is -3.79. The van der Waals surface area contributed by atoms with Gasteiger partial charge in [-0.3, -0.25) is 9.79 Å². The number of hydrogen-bond acceptors (Lipinski definition) is 7. The number of carbonyl (C=O) groups is 1. The van der Waals surface area contributed by atoms with Crippen LogP contribution in [0.1, 0.15) is 23.5 Å². The zero-order valence-electron chi connectivity index (χ0n) is 16.6. The molecule has 9 nitrogen and oxygen atoms in total. The van der Waals surface area contributed by atoms with Crippen molar-refractivity contribution in [2.24, 2.45) is 33.6 Å². The van der Waals surface area contributed by atoms with Crippen LogP contribution in [-0.2, 0) is 27.7 Å². The van der Waals surface area contributed by atoms with E-state index in [9.17, 15) is 13.2 Å². The Labute approximate surface area is 179 Å². The minimum absolute atomic E-state index is 0.0471. The van der Waals surface area contributed by atoms with Crippen LogP contribution >= 0.6 is 0 Å². The van der Waals surface area contributed by atoms with E-state index in [1.807, 2.05) is 0 Å². The van der Waals surface area contributed by atoms with Gasteiger partial charge < -0.3 is 11.1 Å². The van der Waals surface area contributed by atoms with Gasteiger partial charge in [-0.1, -0.05) is 24.3 Å². The molecule has 2 heterocycles. The van der Waals surface area contributed by atoms with Gasteiger partial charge in [-0.2, -0.15) is 0 Å². The topological polar surface area (TPSA) is 153 Å². The number of allylic oxidation sites excluding steroid dienone is 1. The third-order valence-corrected chi connectivity index (χ3v) is 7.10. The molecule has 4 atom stereocenters. The molecule has 1 aromatic heterocycles. The van der Waals surface area contributed by atoms with E-state index in [0.717, 1.165) is 17.7 Å². The van der Waals surface area contributed by atoms with Gasteiger partial charge in [-0.25, -0.2) is 23.5 Å². The molecule has 31 heavy (non-hydrogen) atoms. The summed E-state index contributed by atoms with van der Waals surface area (Å²) in [5.41, 5.74) is 7.89. The van der Waals surface area contributed by atoms with Crippen molar-refractivity contribution in [2.45, 2.75) is 30.2 Å². The molecular weight excluding hydrogens is 416 g/mol. The van der Waals surface area contributed by atoms with Crippen LogP contribution in [0.4, 0.5) is 11.5 Å². The number of aromatic nitrogens is 2. The maximum absolute atomic E-state index is 12.1. The quantitative estimate of drug-likeness (QED) is 0.573. The van der Waals surface area contributed by atoms with Crippen LogP contribution in [0.25, 0.3) is 0 Å². The molecule has 0 saturated heterocycles. The predicted molar refractivity (Wildman–Crippen MR) is 115 cm³/mol. The van der Waals surface area contributed by atoms with Gasteiger partial charge in [0, 0.05) is 25.1 Å². The average molecular weight is 439 g/mol. The van der Waals surface area contributed by atoms with Crippen LogP contribution in [0, 0.1) is 17.8 Å². The molecule has 2 bridgehead atoms. The molecule has 1 saturated carbocycles. The van der Waals surface area contributed by atoms with Crippen molar-refractivity contribution in [1.82, 2.24) is 9.97 Å². The highest BCUT2D eigenvalue weighted by Crippen LogP contribution is 2.45. The number of nitrogens with zero attached hydrogens (tertiary/aromatic N) is 3. The number of rotatable bonds is 6. The number of anilines is 1. The van der Waals surface area contributed by atoms with E-state index in [-0.39, 0.29) is 34.6 Å². The number of fused-ring (bicyclic) bond motifs is 3. The van der Waals surface area contributed by atoms with Crippen LogP contribution in [0.3, 0.4) is 0 Å². The summed E-state index contributed by atoms with van der Waals surface area (Å²) < 4.78 is 23.3. The first kappa shape index (κ1) is 19.8. The Morgan fingerprint density at radius 2 is 2.00 bits per heavy atom. The number of primary sulfonamides is 1. The largest absolute Gasteiger partial charge is 0.369 e. The summed E-state index contributed by atoms with van der Waals surface area (Å²) in [6.45, 7) is 0. The molecule has 1 aliphatic heterocycles. The fraction of sp³-hybridized carbons (Fsp3) is 0.333. The normalized spacial score (nSPS) is 25.7. The Morgan fingerprint density at radius 3 is 2.77 bits per heavy atom. The van der Waals surface area contributed by atoms with Gasteiger partial charge in [0.2, 0.25) is 15.9 Å². The summed E-state index contributed by atoms with van der Waals surface area (Å²) in [5, 5.41) is 8.68. The number of hydrogen-bond donors (Lipinski definition) is 3. The Kier molecular flexibility index (Phi) is 4.63. The average Bonchev–Trinajstić information content (AvgIpc) is 3.43. The standard InChI is InChI=1S/C21H22N6O3S/c22-20(28)17-12-4-5-13(10-12)18(17)27-21-19-15(6-7-24-19)25-16(26-21)9-11-2-1-3-14(8-11)31(23,29)30/h1-5,7-8,12-13,17-18H,6,9-10H2,(H2,22,28)(H2,23,29,30)(H,25,26,27)/t12-,13+,17+,18-/m1/s1. The molecule has 3 aliphatic rings. The van der Waals surface area contributed by atoms with Crippen molar-refractivity contribution in [2.75, 3.05) is 5.32 Å². The zero-order valence-corrected chi connectivity index (χ0v) is 17.4. The summed E-state index contributed by atoms with van der Waals surface area (Å²) in [5.74, 6) is 0.873. The highest BCUT2D eigenvalue weighted by molar-refractivity contribution is 7.89. The predicted octanol–water partition coefficient (Wildman–Crippen LogP) is 1.06. The van der Waals surface area contributed by atoms with Gasteiger partial charge in [-0.15, -0.1) is 0 Å². The maximum atomic E-state index is 12.1. The van der Waals surface area contributed by atoms with Crippen molar-refractivity contribution < 1.29 is 13.2 Å². The third-order valence-electron chi connectivity index (χ3n) is 6.19. The second-order valence-electron chi connectivity index (χ2n) is 8.22. The second kappa shape index (κ2) is 7.24. The van der Waals surface area contributed by atoms with Gasteiger partial charge in [0.15, 0.2) is 5.82 Å². The van der Waals surface area contributed by atoms with E-state index in [4.69, 9.17) is 10.9 Å². The lowest BCUT2D eigenvalue weighted by Gasteiger charge is -2.27. The number of benzene rings is 1. The molecule has 1 amide bonds. The molecule has 10 heteroatoms. The molecule has 1 fully saturated rings. The van der Waals surface area contributed by atoms with Crippen molar-refractivity contribution >= 4 is 33.7 Å². The van der Waals surface area contributed by atoms with Crippen molar-refractivity contribution in [1.29, 1.82) is 0 Å². The lowest BCUT2D eigenvalue weighted by Crippen LogP contribution is -2.41. The fourth-order valence-corrected chi connectivity index (χ4v) is 5.40. The molecule has 160 valence electrons. The van der Waals surface area contributed by atoms with Gasteiger partial charge in [0.1, 0.15) is 11.5 Å². The summed E-state index contributed by atoms with van der Waals surface area (Å²) in [6.07, 6.45) is 7.81. The van der Waals surface area contributed by atoms with E-state index in [0.29, 0.717) is 30.2 Å². The van der Waals surface area contributed by atoms with E-state index in [1.54, 1.807) is 18.3 Å². The smallest absolute Gasteiger partial charge is 0.238 e. The van der Waals surface area contributed by atoms with Crippen molar-refractivity contribution in [3.8, 4) is 0 Å². The monoisotopic (exact) mass is 438 g/mol. The highest BCUT2D eigenvalue weighted by atomic mass is 32.2. The second-order valence-corrected chi connectivity index (χ2v) is 9.78. The lowest BCUT2D eigenvalue weighted by molar-refractivity contribution is -0.122. The number of amides is 1. The molecule has 0 unspecified atom stereocenters. The van der Waals surface area contributed by atoms with Gasteiger partial charge in [0.05, 0.1) is 16.5 Å². The first-order valence-corrected chi connectivity index (χ1v) is 11.6. The van der Waals surface area contributed by atoms with Crippen LogP contribution < -0.4 is 16.2 Å². The minimum Gasteiger partial charge on any atom is -0.369 e. The molecule has 5 rings (SSSR count). The summed E-state index contributed by atoms with van der Waals surface area (Å²) in [6, 6.07) is 6.29. The first-order valence-electron chi connectivity index (χ1n) is 10.1. The highest BCUT2D eigenvalue weighted by Gasteiger charge is 2.47. The number of sulfonamides is 1. The SMILES string of the molecule is NC(=O)[C@@H]1[C@H](Nc2nc(Cc3cccc(S(N)(=O)=O)c3)nc3c2N=CC3)[C@H]2C=C[C@@H]1C2.